The summed E-state index contributed by atoms with van der Waals surface area (Å²) >= 11 is 13.2. The summed E-state index contributed by atoms with van der Waals surface area (Å²) in [6.45, 7) is 2.42. The maximum Gasteiger partial charge on any atom is 0.239 e. The van der Waals surface area contributed by atoms with Crippen molar-refractivity contribution in [2.45, 2.75) is 24.9 Å². The lowest BCUT2D eigenvalue weighted by atomic mass is 10.0. The van der Waals surface area contributed by atoms with E-state index < -0.39 is 0 Å². The Labute approximate surface area is 207 Å². The number of ether oxygens (including phenoxy) is 2. The van der Waals surface area contributed by atoms with Crippen molar-refractivity contribution in [3.05, 3.63) is 40.5 Å². The standard InChI is InChI=1S/C24H25Cl2N5O3/c1-33-18-10-19(34-2)22(26)20(21(18)25)13-4-5-16-14(8-13)11-28-24(30-16)29-15-9-17(27-12-15)23(32)31-6-3-7-31/h4-5,8,10-11,15,17,27H,3,6-7,9,12H2,1-2H3,(H,28,29,30). The molecule has 2 aromatic carbocycles. The molecule has 1 amide bonds. The van der Waals surface area contributed by atoms with Crippen LogP contribution < -0.4 is 20.1 Å². The van der Waals surface area contributed by atoms with Gasteiger partial charge in [0.25, 0.3) is 0 Å². The topological polar surface area (TPSA) is 88.6 Å². The predicted molar refractivity (Wildman–Crippen MR) is 133 cm³/mol. The lowest BCUT2D eigenvalue weighted by Crippen LogP contribution is -2.49. The second kappa shape index (κ2) is 9.44. The van der Waals surface area contributed by atoms with Crippen molar-refractivity contribution in [1.29, 1.82) is 0 Å². The summed E-state index contributed by atoms with van der Waals surface area (Å²) in [4.78, 5) is 23.5. The number of hydrogen-bond donors (Lipinski definition) is 2. The van der Waals surface area contributed by atoms with Gasteiger partial charge in [0, 0.05) is 48.9 Å². The highest BCUT2D eigenvalue weighted by atomic mass is 35.5. The lowest BCUT2D eigenvalue weighted by Gasteiger charge is -2.33. The smallest absolute Gasteiger partial charge is 0.239 e. The molecule has 0 saturated carbocycles. The van der Waals surface area contributed by atoms with Crippen LogP contribution in [-0.2, 0) is 4.79 Å². The van der Waals surface area contributed by atoms with E-state index in [1.807, 2.05) is 23.1 Å². The van der Waals surface area contributed by atoms with Crippen LogP contribution in [0.4, 0.5) is 5.95 Å². The normalized spacial score (nSPS) is 19.7. The molecule has 2 saturated heterocycles. The van der Waals surface area contributed by atoms with E-state index in [1.165, 1.54) is 0 Å². The van der Waals surface area contributed by atoms with Crippen LogP contribution >= 0.6 is 23.2 Å². The van der Waals surface area contributed by atoms with Crippen molar-refractivity contribution in [2.75, 3.05) is 39.2 Å². The molecule has 5 rings (SSSR count). The number of fused-ring (bicyclic) bond motifs is 1. The van der Waals surface area contributed by atoms with Crippen LogP contribution in [-0.4, -0.2) is 66.7 Å². The quantitative estimate of drug-likeness (QED) is 0.527. The minimum atomic E-state index is -0.143. The zero-order chi connectivity index (χ0) is 23.8. The molecule has 2 fully saturated rings. The molecule has 0 radical (unpaired) electrons. The lowest BCUT2D eigenvalue weighted by molar-refractivity contribution is -0.136. The molecule has 2 unspecified atom stereocenters. The van der Waals surface area contributed by atoms with Gasteiger partial charge in [-0.3, -0.25) is 4.79 Å². The summed E-state index contributed by atoms with van der Waals surface area (Å²) in [7, 11) is 3.09. The van der Waals surface area contributed by atoms with Crippen molar-refractivity contribution in [2.24, 2.45) is 0 Å². The molecule has 178 valence electrons. The number of likely N-dealkylation sites (tertiary alicyclic amines) is 1. The Bertz CT molecular complexity index is 1220. The van der Waals surface area contributed by atoms with E-state index in [0.29, 0.717) is 46.0 Å². The average molecular weight is 502 g/mol. The van der Waals surface area contributed by atoms with Crippen LogP contribution in [0.15, 0.2) is 30.5 Å². The molecule has 8 nitrogen and oxygen atoms in total. The highest BCUT2D eigenvalue weighted by Gasteiger charge is 2.34. The molecule has 0 aliphatic carbocycles. The first-order chi connectivity index (χ1) is 16.5. The number of carbonyl (C=O) groups is 1. The molecular weight excluding hydrogens is 477 g/mol. The first kappa shape index (κ1) is 23.0. The molecule has 0 spiro atoms. The Kier molecular flexibility index (Phi) is 6.38. The second-order valence-electron chi connectivity index (χ2n) is 8.47. The minimum Gasteiger partial charge on any atom is -0.495 e. The molecule has 2 N–H and O–H groups in total. The monoisotopic (exact) mass is 501 g/mol. The molecule has 3 aromatic rings. The second-order valence-corrected chi connectivity index (χ2v) is 9.22. The van der Waals surface area contributed by atoms with Gasteiger partial charge in [0.1, 0.15) is 11.5 Å². The summed E-state index contributed by atoms with van der Waals surface area (Å²) in [6, 6.07) is 7.35. The molecule has 34 heavy (non-hydrogen) atoms. The van der Waals surface area contributed by atoms with Crippen molar-refractivity contribution in [3.8, 4) is 22.6 Å². The van der Waals surface area contributed by atoms with Crippen LogP contribution in [0.5, 0.6) is 11.5 Å². The first-order valence-electron chi connectivity index (χ1n) is 11.1. The number of amides is 1. The van der Waals surface area contributed by atoms with E-state index in [-0.39, 0.29) is 18.0 Å². The summed E-state index contributed by atoms with van der Waals surface area (Å²) < 4.78 is 10.8. The van der Waals surface area contributed by atoms with Crippen LogP contribution in [0.1, 0.15) is 12.8 Å². The van der Waals surface area contributed by atoms with Crippen LogP contribution in [0, 0.1) is 0 Å². The summed E-state index contributed by atoms with van der Waals surface area (Å²) in [6.07, 6.45) is 3.57. The zero-order valence-electron chi connectivity index (χ0n) is 18.9. The minimum absolute atomic E-state index is 0.0915. The highest BCUT2D eigenvalue weighted by Crippen LogP contribution is 2.46. The van der Waals surface area contributed by atoms with Gasteiger partial charge in [-0.1, -0.05) is 29.3 Å². The Morgan fingerprint density at radius 1 is 1.15 bits per heavy atom. The number of nitrogens with zero attached hydrogens (tertiary/aromatic N) is 3. The number of anilines is 1. The number of carbonyl (C=O) groups excluding carboxylic acids is 1. The van der Waals surface area contributed by atoms with Gasteiger partial charge in [0.2, 0.25) is 11.9 Å². The molecular formula is C24H25Cl2N5O3. The number of halogens is 2. The van der Waals surface area contributed by atoms with Gasteiger partial charge in [-0.05, 0) is 30.5 Å². The summed E-state index contributed by atoms with van der Waals surface area (Å²) in [5, 5.41) is 8.32. The van der Waals surface area contributed by atoms with Crippen LogP contribution in [0.2, 0.25) is 10.0 Å². The van der Waals surface area contributed by atoms with Gasteiger partial charge in [0.15, 0.2) is 0 Å². The maximum absolute atomic E-state index is 12.4. The Morgan fingerprint density at radius 2 is 1.88 bits per heavy atom. The molecule has 10 heteroatoms. The fraction of sp³-hybridized carbons (Fsp3) is 0.375. The number of nitrogens with one attached hydrogen (secondary N) is 2. The van der Waals surface area contributed by atoms with Crippen molar-refractivity contribution in [1.82, 2.24) is 20.2 Å². The average Bonchev–Trinajstić information content (AvgIpc) is 3.27. The van der Waals surface area contributed by atoms with Crippen molar-refractivity contribution >= 4 is 46.0 Å². The van der Waals surface area contributed by atoms with Gasteiger partial charge in [-0.25, -0.2) is 9.97 Å². The van der Waals surface area contributed by atoms with E-state index >= 15 is 0 Å². The summed E-state index contributed by atoms with van der Waals surface area (Å²) in [5.74, 6) is 1.67. The molecule has 1 aromatic heterocycles. The fourth-order valence-corrected chi connectivity index (χ4v) is 5.09. The third-order valence-corrected chi connectivity index (χ3v) is 7.12. The summed E-state index contributed by atoms with van der Waals surface area (Å²) in [5.41, 5.74) is 2.21. The SMILES string of the molecule is COc1cc(OC)c(Cl)c(-c2ccc3nc(NC4CNC(C(=O)N5CCC5)C4)ncc3c2)c1Cl. The van der Waals surface area contributed by atoms with Gasteiger partial charge in [-0.15, -0.1) is 0 Å². The number of rotatable bonds is 6. The molecule has 2 atom stereocenters. The van der Waals surface area contributed by atoms with E-state index in [4.69, 9.17) is 32.7 Å². The predicted octanol–water partition coefficient (Wildman–Crippen LogP) is 4.00. The van der Waals surface area contributed by atoms with E-state index in [2.05, 4.69) is 20.6 Å². The molecule has 3 heterocycles. The molecule has 2 aliphatic rings. The van der Waals surface area contributed by atoms with Crippen LogP contribution in [0.25, 0.3) is 22.0 Å². The Hall–Kier alpha value is -2.81. The maximum atomic E-state index is 12.4. The molecule has 0 bridgehead atoms. The van der Waals surface area contributed by atoms with Crippen LogP contribution in [0.3, 0.4) is 0 Å². The number of aromatic nitrogens is 2. The largest absolute Gasteiger partial charge is 0.495 e. The Morgan fingerprint density at radius 3 is 2.53 bits per heavy atom. The number of hydrogen-bond acceptors (Lipinski definition) is 7. The number of methoxy groups -OCH3 is 2. The van der Waals surface area contributed by atoms with Gasteiger partial charge in [0.05, 0.1) is 35.8 Å². The fourth-order valence-electron chi connectivity index (χ4n) is 4.37. The molecule has 2 aliphatic heterocycles. The van der Waals surface area contributed by atoms with E-state index in [1.54, 1.807) is 26.5 Å². The van der Waals surface area contributed by atoms with Gasteiger partial charge >= 0.3 is 0 Å². The third-order valence-electron chi connectivity index (χ3n) is 6.37. The highest BCUT2D eigenvalue weighted by molar-refractivity contribution is 6.41. The Balaban J connectivity index is 1.36. The van der Waals surface area contributed by atoms with Crippen molar-refractivity contribution < 1.29 is 14.3 Å². The van der Waals surface area contributed by atoms with Crippen molar-refractivity contribution in [3.63, 3.8) is 0 Å². The zero-order valence-corrected chi connectivity index (χ0v) is 20.4. The van der Waals surface area contributed by atoms with Gasteiger partial charge < -0.3 is 25.0 Å². The van der Waals surface area contributed by atoms with Gasteiger partial charge in [-0.2, -0.15) is 0 Å². The van der Waals surface area contributed by atoms with E-state index in [0.717, 1.165) is 36.0 Å². The third kappa shape index (κ3) is 4.21. The number of benzene rings is 2. The van der Waals surface area contributed by atoms with E-state index in [9.17, 15) is 4.79 Å². The first-order valence-corrected chi connectivity index (χ1v) is 11.9.